The molecule has 0 saturated carbocycles. The van der Waals surface area contributed by atoms with E-state index in [0.717, 1.165) is 16.7 Å². The molecule has 1 atom stereocenters. The summed E-state index contributed by atoms with van der Waals surface area (Å²) >= 11 is 0. The third-order valence-corrected chi connectivity index (χ3v) is 7.50. The van der Waals surface area contributed by atoms with Gasteiger partial charge in [0.2, 0.25) is 0 Å². The number of benzene rings is 4. The zero-order valence-electron chi connectivity index (χ0n) is 19.1. The molecule has 0 aromatic heterocycles. The molecule has 0 saturated heterocycles. The highest BCUT2D eigenvalue weighted by atomic mass is 31.1. The summed E-state index contributed by atoms with van der Waals surface area (Å²) in [7, 11) is -1.61. The molecule has 0 spiro atoms. The van der Waals surface area contributed by atoms with Crippen LogP contribution in [0.2, 0.25) is 0 Å². The molecule has 4 rings (SSSR count). The fourth-order valence-corrected chi connectivity index (χ4v) is 5.46. The van der Waals surface area contributed by atoms with Crippen molar-refractivity contribution in [1.29, 1.82) is 0 Å². The SMILES string of the molecule is COC(=O)c1ccc(C(Cc2ccccc2)(c2ccccc2)P(=O)=O)cc1-c1ccccc1C. The van der Waals surface area contributed by atoms with Crippen molar-refractivity contribution in [3.63, 3.8) is 0 Å². The van der Waals surface area contributed by atoms with E-state index < -0.39 is 18.8 Å². The Morgan fingerprint density at radius 2 is 1.38 bits per heavy atom. The average molecular weight is 468 g/mol. The Morgan fingerprint density at radius 1 is 0.765 bits per heavy atom. The first-order valence-corrected chi connectivity index (χ1v) is 12.2. The lowest BCUT2D eigenvalue weighted by atomic mass is 9.82. The number of hydrogen-bond acceptors (Lipinski definition) is 4. The smallest absolute Gasteiger partial charge is 0.338 e. The fraction of sp³-hybridized carbons (Fsp3) is 0.138. The Bertz CT molecular complexity index is 1370. The van der Waals surface area contributed by atoms with Gasteiger partial charge in [-0.25, -0.2) is 13.9 Å². The van der Waals surface area contributed by atoms with Crippen LogP contribution in [0.5, 0.6) is 0 Å². The van der Waals surface area contributed by atoms with Crippen LogP contribution in [0, 0.1) is 6.92 Å². The third-order valence-electron chi connectivity index (χ3n) is 6.20. The minimum Gasteiger partial charge on any atom is -0.465 e. The maximum atomic E-state index is 13.2. The summed E-state index contributed by atoms with van der Waals surface area (Å²) in [5.74, 6) is -0.468. The molecule has 4 nitrogen and oxygen atoms in total. The minimum atomic E-state index is -2.96. The summed E-state index contributed by atoms with van der Waals surface area (Å²) in [4.78, 5) is 12.6. The Labute approximate surface area is 200 Å². The predicted octanol–water partition coefficient (Wildman–Crippen LogP) is 7.11. The summed E-state index contributed by atoms with van der Waals surface area (Å²) in [6, 6.07) is 31.8. The van der Waals surface area contributed by atoms with Crippen LogP contribution in [0.1, 0.15) is 32.6 Å². The molecular weight excluding hydrogens is 443 g/mol. The van der Waals surface area contributed by atoms with E-state index in [-0.39, 0.29) is 6.42 Å². The lowest BCUT2D eigenvalue weighted by Crippen LogP contribution is -2.25. The molecular formula is C29H25O4P. The van der Waals surface area contributed by atoms with Crippen molar-refractivity contribution >= 4 is 13.6 Å². The summed E-state index contributed by atoms with van der Waals surface area (Å²) in [6.07, 6.45) is 0.265. The van der Waals surface area contributed by atoms with Gasteiger partial charge in [0.05, 0.1) is 12.7 Å². The summed E-state index contributed by atoms with van der Waals surface area (Å²) in [5.41, 5.74) is 5.05. The van der Waals surface area contributed by atoms with Gasteiger partial charge in [0, 0.05) is 0 Å². The maximum Gasteiger partial charge on any atom is 0.338 e. The molecule has 0 radical (unpaired) electrons. The monoisotopic (exact) mass is 468 g/mol. The van der Waals surface area contributed by atoms with Crippen LogP contribution in [0.15, 0.2) is 103 Å². The van der Waals surface area contributed by atoms with Crippen molar-refractivity contribution in [3.8, 4) is 11.1 Å². The normalized spacial score (nSPS) is 12.5. The summed E-state index contributed by atoms with van der Waals surface area (Å²) in [6.45, 7) is 1.96. The second-order valence-electron chi connectivity index (χ2n) is 8.21. The molecule has 34 heavy (non-hydrogen) atoms. The Morgan fingerprint density at radius 3 is 2.00 bits per heavy atom. The molecule has 0 aliphatic heterocycles. The lowest BCUT2D eigenvalue weighted by molar-refractivity contribution is 0.0601. The van der Waals surface area contributed by atoms with Gasteiger partial charge in [0.1, 0.15) is 5.16 Å². The van der Waals surface area contributed by atoms with Crippen molar-refractivity contribution < 1.29 is 18.7 Å². The van der Waals surface area contributed by atoms with Crippen LogP contribution < -0.4 is 0 Å². The number of ether oxygens (including phenoxy) is 1. The molecule has 0 fully saturated rings. The van der Waals surface area contributed by atoms with E-state index in [1.165, 1.54) is 7.11 Å². The quantitative estimate of drug-likeness (QED) is 0.214. The van der Waals surface area contributed by atoms with E-state index >= 15 is 0 Å². The van der Waals surface area contributed by atoms with Gasteiger partial charge in [-0.1, -0.05) is 91.0 Å². The van der Waals surface area contributed by atoms with E-state index in [1.807, 2.05) is 97.9 Å². The van der Waals surface area contributed by atoms with Crippen LogP contribution in [-0.2, 0) is 25.4 Å². The van der Waals surface area contributed by atoms with Crippen LogP contribution >= 0.6 is 7.68 Å². The number of hydrogen-bond donors (Lipinski definition) is 0. The summed E-state index contributed by atoms with van der Waals surface area (Å²) < 4.78 is 31.4. The van der Waals surface area contributed by atoms with Gasteiger partial charge in [-0.3, -0.25) is 0 Å². The van der Waals surface area contributed by atoms with Crippen molar-refractivity contribution in [2.45, 2.75) is 18.5 Å². The first kappa shape index (κ1) is 23.4. The van der Waals surface area contributed by atoms with E-state index in [1.54, 1.807) is 12.1 Å². The van der Waals surface area contributed by atoms with Gasteiger partial charge < -0.3 is 4.74 Å². The first-order chi connectivity index (χ1) is 16.5. The molecule has 0 heterocycles. The zero-order valence-corrected chi connectivity index (χ0v) is 20.0. The number of carbonyl (C=O) groups is 1. The molecule has 0 aliphatic carbocycles. The molecule has 0 aliphatic rings. The number of rotatable bonds is 7. The second-order valence-corrected chi connectivity index (χ2v) is 9.49. The van der Waals surface area contributed by atoms with Gasteiger partial charge in [0.25, 0.3) is 0 Å². The first-order valence-electron chi connectivity index (χ1n) is 11.0. The van der Waals surface area contributed by atoms with E-state index in [0.29, 0.717) is 22.3 Å². The van der Waals surface area contributed by atoms with Gasteiger partial charge in [-0.15, -0.1) is 0 Å². The molecule has 0 N–H and O–H groups in total. The highest BCUT2D eigenvalue weighted by molar-refractivity contribution is 7.32. The van der Waals surface area contributed by atoms with Crippen LogP contribution in [0.3, 0.4) is 0 Å². The predicted molar refractivity (Wildman–Crippen MR) is 134 cm³/mol. The van der Waals surface area contributed by atoms with Crippen molar-refractivity contribution in [3.05, 3.63) is 131 Å². The minimum absolute atomic E-state index is 0.265. The Kier molecular flexibility index (Phi) is 6.90. The van der Waals surface area contributed by atoms with Gasteiger partial charge >= 0.3 is 13.6 Å². The van der Waals surface area contributed by atoms with E-state index in [9.17, 15) is 13.9 Å². The Balaban J connectivity index is 2.03. The highest BCUT2D eigenvalue weighted by Crippen LogP contribution is 2.49. The largest absolute Gasteiger partial charge is 0.465 e. The van der Waals surface area contributed by atoms with Crippen LogP contribution in [0.25, 0.3) is 11.1 Å². The standard InChI is InChI=1S/C29H25O4P/c1-21-11-9-10-16-25(21)27-19-24(17-18-26(27)28(30)33-2)29(34(31)32,23-14-7-4-8-15-23)20-22-12-5-3-6-13-22/h3-19H,20H2,1-2H3. The number of carbonyl (C=O) groups excluding carboxylic acids is 1. The number of aryl methyl sites for hydroxylation is 1. The third kappa shape index (κ3) is 4.37. The maximum absolute atomic E-state index is 13.2. The van der Waals surface area contributed by atoms with E-state index in [4.69, 9.17) is 4.74 Å². The average Bonchev–Trinajstić information content (AvgIpc) is 2.88. The highest BCUT2D eigenvalue weighted by Gasteiger charge is 2.41. The molecule has 4 aromatic carbocycles. The molecule has 0 bridgehead atoms. The van der Waals surface area contributed by atoms with Gasteiger partial charge in [-0.05, 0) is 58.9 Å². The number of methoxy groups -OCH3 is 1. The van der Waals surface area contributed by atoms with Crippen LogP contribution in [-0.4, -0.2) is 13.1 Å². The Hall–Kier alpha value is -3.75. The molecule has 5 heteroatoms. The van der Waals surface area contributed by atoms with Crippen molar-refractivity contribution in [2.24, 2.45) is 0 Å². The molecule has 1 unspecified atom stereocenters. The topological polar surface area (TPSA) is 60.4 Å². The van der Waals surface area contributed by atoms with Crippen molar-refractivity contribution in [1.82, 2.24) is 0 Å². The molecule has 4 aromatic rings. The zero-order chi connectivity index (χ0) is 24.1. The van der Waals surface area contributed by atoms with Gasteiger partial charge in [0.15, 0.2) is 0 Å². The van der Waals surface area contributed by atoms with E-state index in [2.05, 4.69) is 0 Å². The lowest BCUT2D eigenvalue weighted by Gasteiger charge is -2.29. The summed E-state index contributed by atoms with van der Waals surface area (Å²) in [5, 5.41) is -1.32. The number of esters is 1. The molecule has 170 valence electrons. The van der Waals surface area contributed by atoms with Crippen LogP contribution in [0.4, 0.5) is 0 Å². The van der Waals surface area contributed by atoms with Crippen molar-refractivity contribution in [2.75, 3.05) is 7.11 Å². The van der Waals surface area contributed by atoms with Gasteiger partial charge in [-0.2, -0.15) is 0 Å². The molecule has 0 amide bonds. The fourth-order valence-electron chi connectivity index (χ4n) is 4.44. The second kappa shape index (κ2) is 10.0.